The molecule has 2 fully saturated rings. The zero-order valence-electron chi connectivity index (χ0n) is 18.0. The van der Waals surface area contributed by atoms with Crippen LogP contribution in [0.15, 0.2) is 58.4 Å². The number of ether oxygens (including phenoxy) is 1. The van der Waals surface area contributed by atoms with Crippen LogP contribution >= 0.6 is 11.8 Å². The Morgan fingerprint density at radius 2 is 1.81 bits per heavy atom. The Morgan fingerprint density at radius 1 is 1.12 bits per heavy atom. The van der Waals surface area contributed by atoms with E-state index in [1.807, 2.05) is 54.3 Å². The van der Waals surface area contributed by atoms with E-state index in [1.165, 1.54) is 23.7 Å². The maximum absolute atomic E-state index is 13.4. The molecule has 4 rings (SSSR count). The Balaban J connectivity index is 1.59. The number of aliphatic imine (C=N–C) groups is 1. The molecule has 0 spiro atoms. The molecule has 2 aliphatic rings. The van der Waals surface area contributed by atoms with Crippen LogP contribution in [0.2, 0.25) is 0 Å². The average Bonchev–Trinajstić information content (AvgIpc) is 3.10. The second-order valence-corrected chi connectivity index (χ2v) is 9.07. The highest BCUT2D eigenvalue weighted by molar-refractivity contribution is 8.18. The number of hydrogen-bond donors (Lipinski definition) is 1. The van der Waals surface area contributed by atoms with Crippen molar-refractivity contribution in [1.29, 1.82) is 0 Å². The van der Waals surface area contributed by atoms with Crippen LogP contribution < -0.4 is 4.74 Å². The molecule has 6 nitrogen and oxygen atoms in total. The van der Waals surface area contributed by atoms with E-state index in [-0.39, 0.29) is 18.6 Å². The largest absolute Gasteiger partial charge is 0.482 e. The molecule has 1 aliphatic heterocycles. The van der Waals surface area contributed by atoms with Gasteiger partial charge in [-0.2, -0.15) is 0 Å². The van der Waals surface area contributed by atoms with Crippen molar-refractivity contribution in [1.82, 2.24) is 4.90 Å². The fraction of sp³-hybridized carbons (Fsp3) is 0.320. The number of hydrogen-bond acceptors (Lipinski definition) is 5. The van der Waals surface area contributed by atoms with Crippen molar-refractivity contribution < 1.29 is 19.4 Å². The molecule has 1 heterocycles. The summed E-state index contributed by atoms with van der Waals surface area (Å²) in [4.78, 5) is 31.4. The number of carbonyl (C=O) groups excluding carboxylic acids is 1. The maximum Gasteiger partial charge on any atom is 0.341 e. The van der Waals surface area contributed by atoms with Crippen LogP contribution in [0, 0.1) is 6.92 Å². The van der Waals surface area contributed by atoms with E-state index in [1.54, 1.807) is 12.1 Å². The number of rotatable bonds is 6. The molecule has 7 heteroatoms. The second kappa shape index (κ2) is 10.0. The molecule has 1 saturated heterocycles. The lowest BCUT2D eigenvalue weighted by atomic mass is 9.94. The Hall–Kier alpha value is -3.06. The highest BCUT2D eigenvalue weighted by Gasteiger charge is 2.38. The van der Waals surface area contributed by atoms with E-state index >= 15 is 0 Å². The van der Waals surface area contributed by atoms with Gasteiger partial charge in [-0.3, -0.25) is 9.69 Å². The number of thioether (sulfide) groups is 1. The Labute approximate surface area is 192 Å². The second-order valence-electron chi connectivity index (χ2n) is 8.06. The van der Waals surface area contributed by atoms with Crippen molar-refractivity contribution in [2.75, 3.05) is 6.61 Å². The third-order valence-corrected chi connectivity index (χ3v) is 6.56. The first-order chi connectivity index (χ1) is 15.5. The van der Waals surface area contributed by atoms with Crippen molar-refractivity contribution in [3.8, 4) is 5.75 Å². The number of carbonyl (C=O) groups is 2. The maximum atomic E-state index is 13.4. The van der Waals surface area contributed by atoms with Crippen molar-refractivity contribution >= 4 is 40.6 Å². The van der Waals surface area contributed by atoms with Gasteiger partial charge in [0, 0.05) is 6.04 Å². The number of aryl methyl sites for hydroxylation is 1. The minimum atomic E-state index is -1.02. The Kier molecular flexibility index (Phi) is 6.95. The summed E-state index contributed by atoms with van der Waals surface area (Å²) in [5.41, 5.74) is 2.86. The van der Waals surface area contributed by atoms with E-state index < -0.39 is 5.97 Å². The number of aliphatic carboxylic acids is 1. The SMILES string of the molecule is Cc1ccc(N=C2S/C(=C/c3ccc(OCC(=O)O)cc3)C(=O)N2C2CCCCC2)cc1. The molecule has 0 radical (unpaired) electrons. The molecule has 0 unspecified atom stereocenters. The van der Waals surface area contributed by atoms with Gasteiger partial charge in [-0.25, -0.2) is 9.79 Å². The highest BCUT2D eigenvalue weighted by Crippen LogP contribution is 2.38. The molecule has 1 N–H and O–H groups in total. The minimum Gasteiger partial charge on any atom is -0.482 e. The lowest BCUT2D eigenvalue weighted by Gasteiger charge is -2.30. The van der Waals surface area contributed by atoms with E-state index in [9.17, 15) is 9.59 Å². The Morgan fingerprint density at radius 3 is 2.47 bits per heavy atom. The molecule has 166 valence electrons. The monoisotopic (exact) mass is 450 g/mol. The molecule has 1 saturated carbocycles. The molecule has 1 amide bonds. The van der Waals surface area contributed by atoms with Gasteiger partial charge in [-0.1, -0.05) is 49.1 Å². The molecule has 0 atom stereocenters. The third-order valence-electron chi connectivity index (χ3n) is 5.58. The minimum absolute atomic E-state index is 0.000958. The molecule has 2 aromatic carbocycles. The highest BCUT2D eigenvalue weighted by atomic mass is 32.2. The van der Waals surface area contributed by atoms with Gasteiger partial charge in [0.15, 0.2) is 11.8 Å². The summed E-state index contributed by atoms with van der Waals surface area (Å²) in [6.07, 6.45) is 7.35. The van der Waals surface area contributed by atoms with Crippen LogP contribution in [-0.4, -0.2) is 39.7 Å². The van der Waals surface area contributed by atoms with Gasteiger partial charge in [0.2, 0.25) is 0 Å². The molecule has 1 aliphatic carbocycles. The van der Waals surface area contributed by atoms with Gasteiger partial charge in [-0.05, 0) is 67.4 Å². The Bertz CT molecular complexity index is 1040. The van der Waals surface area contributed by atoms with Crippen molar-refractivity contribution in [2.24, 2.45) is 4.99 Å². The van der Waals surface area contributed by atoms with Gasteiger partial charge in [0.05, 0.1) is 10.6 Å². The predicted octanol–water partition coefficient (Wildman–Crippen LogP) is 5.40. The van der Waals surface area contributed by atoms with Crippen LogP contribution in [0.3, 0.4) is 0 Å². The first-order valence-electron chi connectivity index (χ1n) is 10.8. The molecule has 2 aromatic rings. The van der Waals surface area contributed by atoms with Gasteiger partial charge in [0.1, 0.15) is 5.75 Å². The standard InChI is InChI=1S/C25H26N2O4S/c1-17-7-11-19(12-8-17)26-25-27(20-5-3-2-4-6-20)24(30)22(32-25)15-18-9-13-21(14-10-18)31-16-23(28)29/h7-15,20H,2-6,16H2,1H3,(H,28,29)/b22-15+,26-25?. The lowest BCUT2D eigenvalue weighted by molar-refractivity contribution is -0.139. The van der Waals surface area contributed by atoms with Crippen molar-refractivity contribution in [2.45, 2.75) is 45.1 Å². The smallest absolute Gasteiger partial charge is 0.341 e. The van der Waals surface area contributed by atoms with Crippen LogP contribution in [-0.2, 0) is 9.59 Å². The number of carboxylic acid groups (broad SMARTS) is 1. The lowest BCUT2D eigenvalue weighted by Crippen LogP contribution is -2.40. The predicted molar refractivity (Wildman–Crippen MR) is 127 cm³/mol. The average molecular weight is 451 g/mol. The molecule has 0 bridgehead atoms. The van der Waals surface area contributed by atoms with Gasteiger partial charge in [0.25, 0.3) is 5.91 Å². The number of amidine groups is 1. The summed E-state index contributed by atoms with van der Waals surface area (Å²) in [5, 5.41) is 9.47. The van der Waals surface area contributed by atoms with Crippen LogP contribution in [0.5, 0.6) is 5.75 Å². The first-order valence-corrected chi connectivity index (χ1v) is 11.6. The number of benzene rings is 2. The van der Waals surface area contributed by atoms with Gasteiger partial charge >= 0.3 is 5.97 Å². The zero-order valence-corrected chi connectivity index (χ0v) is 18.8. The summed E-state index contributed by atoms with van der Waals surface area (Å²) in [6.45, 7) is 1.65. The first kappa shape index (κ1) is 22.1. The molecular weight excluding hydrogens is 424 g/mol. The normalized spacial score (nSPS) is 19.7. The van der Waals surface area contributed by atoms with Crippen molar-refractivity contribution in [3.05, 3.63) is 64.6 Å². The van der Waals surface area contributed by atoms with E-state index in [0.29, 0.717) is 10.7 Å². The van der Waals surface area contributed by atoms with E-state index in [0.717, 1.165) is 42.1 Å². The molecule has 32 heavy (non-hydrogen) atoms. The summed E-state index contributed by atoms with van der Waals surface area (Å²) in [6, 6.07) is 15.2. The van der Waals surface area contributed by atoms with Crippen LogP contribution in [0.25, 0.3) is 6.08 Å². The molecular formula is C25H26N2O4S. The topological polar surface area (TPSA) is 79.2 Å². The summed E-state index contributed by atoms with van der Waals surface area (Å²) >= 11 is 1.41. The van der Waals surface area contributed by atoms with Crippen LogP contribution in [0.1, 0.15) is 43.2 Å². The van der Waals surface area contributed by atoms with Gasteiger partial charge in [-0.15, -0.1) is 0 Å². The fourth-order valence-corrected chi connectivity index (χ4v) is 4.97. The number of nitrogens with zero attached hydrogens (tertiary/aromatic N) is 2. The van der Waals surface area contributed by atoms with Crippen LogP contribution in [0.4, 0.5) is 5.69 Å². The fourth-order valence-electron chi connectivity index (χ4n) is 3.91. The molecule has 0 aromatic heterocycles. The van der Waals surface area contributed by atoms with E-state index in [4.69, 9.17) is 14.8 Å². The van der Waals surface area contributed by atoms with Crippen molar-refractivity contribution in [3.63, 3.8) is 0 Å². The summed E-state index contributed by atoms with van der Waals surface area (Å²) in [7, 11) is 0. The summed E-state index contributed by atoms with van der Waals surface area (Å²) in [5.74, 6) is -0.545. The zero-order chi connectivity index (χ0) is 22.5. The summed E-state index contributed by atoms with van der Waals surface area (Å²) < 4.78 is 5.18. The number of carboxylic acids is 1. The number of amides is 1. The quantitative estimate of drug-likeness (QED) is 0.597. The van der Waals surface area contributed by atoms with Gasteiger partial charge < -0.3 is 9.84 Å². The van der Waals surface area contributed by atoms with E-state index in [2.05, 4.69) is 0 Å². The third kappa shape index (κ3) is 5.40.